The quantitative estimate of drug-likeness (QED) is 0.663. The number of hydrogen-bond donors (Lipinski definition) is 1. The smallest absolute Gasteiger partial charge is 0.329 e. The van der Waals surface area contributed by atoms with E-state index in [0.29, 0.717) is 5.17 Å². The zero-order valence-electron chi connectivity index (χ0n) is 15.2. The van der Waals surface area contributed by atoms with Crippen molar-refractivity contribution < 1.29 is 27.9 Å². The van der Waals surface area contributed by atoms with Crippen LogP contribution >= 0.6 is 27.7 Å². The third-order valence-electron chi connectivity index (χ3n) is 4.43. The van der Waals surface area contributed by atoms with Gasteiger partial charge in [-0.2, -0.15) is 4.99 Å². The van der Waals surface area contributed by atoms with Gasteiger partial charge in [0.25, 0.3) is 5.91 Å². The van der Waals surface area contributed by atoms with E-state index in [1.54, 1.807) is 0 Å². The predicted molar refractivity (Wildman–Crippen MR) is 111 cm³/mol. The molecule has 2 aliphatic heterocycles. The normalized spacial score (nSPS) is 24.5. The number of halogens is 1. The molecule has 3 rings (SSSR count). The molecule has 1 amide bonds. The monoisotopic (exact) mass is 490 g/mol. The second kappa shape index (κ2) is 8.13. The van der Waals surface area contributed by atoms with Gasteiger partial charge in [0.05, 0.1) is 17.5 Å². The highest BCUT2D eigenvalue weighted by Gasteiger charge is 2.50. The molecule has 0 aromatic heterocycles. The predicted octanol–water partition coefficient (Wildman–Crippen LogP) is 1.77. The Morgan fingerprint density at radius 2 is 1.93 bits per heavy atom. The molecule has 2 fully saturated rings. The van der Waals surface area contributed by atoms with Crippen molar-refractivity contribution >= 4 is 60.3 Å². The van der Waals surface area contributed by atoms with Gasteiger partial charge in [-0.25, -0.2) is 13.2 Å². The van der Waals surface area contributed by atoms with E-state index < -0.39 is 34.9 Å². The highest BCUT2D eigenvalue weighted by molar-refractivity contribution is 9.10. The maximum Gasteiger partial charge on any atom is 0.329 e. The first kappa shape index (κ1) is 21.3. The highest BCUT2D eigenvalue weighted by atomic mass is 79.9. The Morgan fingerprint density at radius 1 is 1.29 bits per heavy atom. The standard InChI is InChI=1S/C17H19BrN2O6S2/c1-9-3-11(18)4-10(2)16(9)20-12-7-28(24,25)8-13(12)27-17(20)19-14(21)5-26-6-15(22)23/h3-4,12-13H,5-8H2,1-2H3,(H,22,23)/t12-,13+/m1/s1. The number of fused-ring (bicyclic) bond motifs is 1. The molecule has 2 aliphatic rings. The molecule has 0 bridgehead atoms. The van der Waals surface area contributed by atoms with Gasteiger partial charge in [-0.15, -0.1) is 0 Å². The summed E-state index contributed by atoms with van der Waals surface area (Å²) in [6.45, 7) is 2.81. The van der Waals surface area contributed by atoms with Gasteiger partial charge in [-0.1, -0.05) is 27.7 Å². The largest absolute Gasteiger partial charge is 0.480 e. The van der Waals surface area contributed by atoms with E-state index in [4.69, 9.17) is 9.84 Å². The lowest BCUT2D eigenvalue weighted by Crippen LogP contribution is -2.38. The number of aliphatic imine (C=N–C) groups is 1. The topological polar surface area (TPSA) is 113 Å². The molecule has 152 valence electrons. The summed E-state index contributed by atoms with van der Waals surface area (Å²) in [5.41, 5.74) is 2.69. The Hall–Kier alpha value is -1.43. The van der Waals surface area contributed by atoms with Crippen LogP contribution in [0.5, 0.6) is 0 Å². The van der Waals surface area contributed by atoms with Gasteiger partial charge >= 0.3 is 5.97 Å². The van der Waals surface area contributed by atoms with Gasteiger partial charge in [0, 0.05) is 15.4 Å². The van der Waals surface area contributed by atoms with Crippen LogP contribution in [-0.4, -0.2) is 66.6 Å². The highest BCUT2D eigenvalue weighted by Crippen LogP contribution is 2.43. The fourth-order valence-corrected chi connectivity index (χ4v) is 8.08. The van der Waals surface area contributed by atoms with Crippen LogP contribution in [0.1, 0.15) is 11.1 Å². The summed E-state index contributed by atoms with van der Waals surface area (Å²) in [5.74, 6) is -1.74. The van der Waals surface area contributed by atoms with Gasteiger partial charge in [0.15, 0.2) is 15.0 Å². The third kappa shape index (κ3) is 4.58. The van der Waals surface area contributed by atoms with E-state index in [-0.39, 0.29) is 22.8 Å². The number of aryl methyl sites for hydroxylation is 2. The summed E-state index contributed by atoms with van der Waals surface area (Å²) in [6.07, 6.45) is 0. The molecular formula is C17H19BrN2O6S2. The summed E-state index contributed by atoms with van der Waals surface area (Å²) in [4.78, 5) is 28.6. The first-order chi connectivity index (χ1) is 13.1. The summed E-state index contributed by atoms with van der Waals surface area (Å²) < 4.78 is 30.0. The van der Waals surface area contributed by atoms with Crippen LogP contribution < -0.4 is 4.90 Å². The SMILES string of the molecule is Cc1cc(Br)cc(C)c1N1C(=NC(=O)COCC(=O)O)S[C@H]2CS(=O)(=O)C[C@H]21. The van der Waals surface area contributed by atoms with Gasteiger partial charge in [0.1, 0.15) is 13.2 Å². The Morgan fingerprint density at radius 3 is 2.54 bits per heavy atom. The Labute approximate surface area is 175 Å². The minimum absolute atomic E-state index is 0.00232. The minimum Gasteiger partial charge on any atom is -0.480 e. The number of hydrogen-bond acceptors (Lipinski definition) is 6. The number of rotatable bonds is 5. The summed E-state index contributed by atoms with van der Waals surface area (Å²) in [5, 5.41) is 8.81. The number of nitrogens with zero attached hydrogens (tertiary/aromatic N) is 2. The number of sulfone groups is 1. The Bertz CT molecular complexity index is 939. The number of carboxylic acids is 1. The van der Waals surface area contributed by atoms with Crippen LogP contribution in [0, 0.1) is 13.8 Å². The van der Waals surface area contributed by atoms with Gasteiger partial charge in [0.2, 0.25) is 0 Å². The molecule has 1 N–H and O–H groups in total. The number of thioether (sulfide) groups is 1. The Kier molecular flexibility index (Phi) is 6.18. The van der Waals surface area contributed by atoms with E-state index in [1.807, 2.05) is 30.9 Å². The third-order valence-corrected chi connectivity index (χ3v) is 8.10. The molecule has 28 heavy (non-hydrogen) atoms. The maximum absolute atomic E-state index is 12.2. The number of aliphatic carboxylic acids is 1. The molecular weight excluding hydrogens is 472 g/mol. The van der Waals surface area contributed by atoms with Crippen LogP contribution in [0.15, 0.2) is 21.6 Å². The molecule has 2 atom stereocenters. The van der Waals surface area contributed by atoms with E-state index in [9.17, 15) is 18.0 Å². The number of carbonyl (C=O) groups is 2. The van der Waals surface area contributed by atoms with Crippen molar-refractivity contribution in [3.63, 3.8) is 0 Å². The van der Waals surface area contributed by atoms with E-state index >= 15 is 0 Å². The number of ether oxygens (including phenoxy) is 1. The molecule has 0 radical (unpaired) electrons. The lowest BCUT2D eigenvalue weighted by atomic mass is 10.1. The van der Waals surface area contributed by atoms with Crippen molar-refractivity contribution in [2.45, 2.75) is 25.1 Å². The number of carboxylic acid groups (broad SMARTS) is 1. The molecule has 1 aromatic carbocycles. The van der Waals surface area contributed by atoms with Crippen LogP contribution in [0.3, 0.4) is 0 Å². The summed E-state index contributed by atoms with van der Waals surface area (Å²) in [7, 11) is -3.16. The van der Waals surface area contributed by atoms with Gasteiger partial charge in [-0.05, 0) is 37.1 Å². The zero-order chi connectivity index (χ0) is 20.6. The van der Waals surface area contributed by atoms with E-state index in [1.165, 1.54) is 11.8 Å². The minimum atomic E-state index is -3.16. The number of amidine groups is 1. The molecule has 8 nitrogen and oxygen atoms in total. The first-order valence-corrected chi connectivity index (χ1v) is 11.9. The average Bonchev–Trinajstić information content (AvgIpc) is 2.98. The molecule has 0 saturated carbocycles. The molecule has 11 heteroatoms. The average molecular weight is 491 g/mol. The molecule has 2 heterocycles. The number of amides is 1. The van der Waals surface area contributed by atoms with Gasteiger partial charge in [-0.3, -0.25) is 4.79 Å². The number of anilines is 1. The van der Waals surface area contributed by atoms with Crippen molar-refractivity contribution in [2.75, 3.05) is 29.6 Å². The molecule has 1 aromatic rings. The lowest BCUT2D eigenvalue weighted by molar-refractivity contribution is -0.143. The molecule has 0 aliphatic carbocycles. The number of carbonyl (C=O) groups excluding carboxylic acids is 1. The van der Waals surface area contributed by atoms with Crippen molar-refractivity contribution in [3.8, 4) is 0 Å². The fraction of sp³-hybridized carbons (Fsp3) is 0.471. The van der Waals surface area contributed by atoms with Crippen LogP contribution in [-0.2, 0) is 24.2 Å². The maximum atomic E-state index is 12.2. The van der Waals surface area contributed by atoms with Crippen molar-refractivity contribution in [1.29, 1.82) is 0 Å². The van der Waals surface area contributed by atoms with E-state index in [0.717, 1.165) is 21.3 Å². The lowest BCUT2D eigenvalue weighted by Gasteiger charge is -2.28. The Balaban J connectivity index is 1.95. The van der Waals surface area contributed by atoms with Crippen molar-refractivity contribution in [1.82, 2.24) is 0 Å². The first-order valence-electron chi connectivity index (χ1n) is 8.41. The summed E-state index contributed by atoms with van der Waals surface area (Å²) >= 11 is 4.73. The van der Waals surface area contributed by atoms with Crippen LogP contribution in [0.25, 0.3) is 0 Å². The van der Waals surface area contributed by atoms with Gasteiger partial charge < -0.3 is 14.7 Å². The van der Waals surface area contributed by atoms with Crippen LogP contribution in [0.4, 0.5) is 5.69 Å². The summed E-state index contributed by atoms with van der Waals surface area (Å²) in [6, 6.07) is 3.55. The zero-order valence-corrected chi connectivity index (χ0v) is 18.4. The van der Waals surface area contributed by atoms with Crippen LogP contribution in [0.2, 0.25) is 0 Å². The molecule has 2 saturated heterocycles. The van der Waals surface area contributed by atoms with E-state index in [2.05, 4.69) is 20.9 Å². The number of benzene rings is 1. The van der Waals surface area contributed by atoms with Crippen molar-refractivity contribution in [3.05, 3.63) is 27.7 Å². The fourth-order valence-electron chi connectivity index (χ4n) is 3.47. The van der Waals surface area contributed by atoms with Crippen molar-refractivity contribution in [2.24, 2.45) is 4.99 Å². The molecule has 0 spiro atoms. The second-order valence-corrected chi connectivity index (χ2v) is 11.0. The second-order valence-electron chi connectivity index (χ2n) is 6.73. The molecule has 0 unspecified atom stereocenters.